The highest BCUT2D eigenvalue weighted by molar-refractivity contribution is 5.03. The number of unbranched alkanes of at least 4 members (excludes halogenated alkanes) is 3. The molecule has 0 aromatic heterocycles. The summed E-state index contributed by atoms with van der Waals surface area (Å²) in [6.07, 6.45) is 7.67. The molecule has 0 fully saturated rings. The van der Waals surface area contributed by atoms with Crippen LogP contribution in [0, 0.1) is 17.8 Å². The summed E-state index contributed by atoms with van der Waals surface area (Å²) in [6.45, 7) is 6.23. The quantitative estimate of drug-likeness (QED) is 0.478. The molecule has 0 amide bonds. The van der Waals surface area contributed by atoms with Crippen molar-refractivity contribution >= 4 is 0 Å². The Labute approximate surface area is 95.3 Å². The first-order valence-corrected chi connectivity index (χ1v) is 6.36. The number of rotatable bonds is 8. The summed E-state index contributed by atoms with van der Waals surface area (Å²) in [6, 6.07) is 0. The van der Waals surface area contributed by atoms with Gasteiger partial charge in [-0.25, -0.2) is 0 Å². The fraction of sp³-hybridized carbons (Fsp3) is 0.857. The largest absolute Gasteiger partial charge is 0.392 e. The van der Waals surface area contributed by atoms with Crippen LogP contribution in [0.4, 0.5) is 0 Å². The molecular weight excluding hydrogens is 184 g/mol. The molecule has 0 bridgehead atoms. The van der Waals surface area contributed by atoms with E-state index in [1.54, 1.807) is 0 Å². The van der Waals surface area contributed by atoms with Crippen LogP contribution in [0.15, 0.2) is 0 Å². The van der Waals surface area contributed by atoms with Gasteiger partial charge in [0.15, 0.2) is 0 Å². The fourth-order valence-corrected chi connectivity index (χ4v) is 1.77. The molecule has 0 aromatic carbocycles. The van der Waals surface area contributed by atoms with Gasteiger partial charge in [0, 0.05) is 5.92 Å². The topological polar surface area (TPSA) is 20.2 Å². The second kappa shape index (κ2) is 10.1. The van der Waals surface area contributed by atoms with Crippen LogP contribution in [-0.2, 0) is 0 Å². The van der Waals surface area contributed by atoms with Crippen LogP contribution in [0.25, 0.3) is 0 Å². The number of hydrogen-bond donors (Lipinski definition) is 1. The average molecular weight is 210 g/mol. The third-order valence-electron chi connectivity index (χ3n) is 2.77. The van der Waals surface area contributed by atoms with Gasteiger partial charge in [-0.15, -0.1) is 5.92 Å². The molecule has 0 heterocycles. The second-order valence-electron chi connectivity index (χ2n) is 4.21. The molecule has 1 N–H and O–H groups in total. The SMILES string of the molecule is CC#CC(CCCC)C(O)CCCCC. The molecule has 0 aliphatic heterocycles. The van der Waals surface area contributed by atoms with Gasteiger partial charge in [-0.3, -0.25) is 0 Å². The fourth-order valence-electron chi connectivity index (χ4n) is 1.77. The lowest BCUT2D eigenvalue weighted by Crippen LogP contribution is -2.19. The van der Waals surface area contributed by atoms with Crippen LogP contribution in [0.1, 0.15) is 65.7 Å². The predicted octanol–water partition coefficient (Wildman–Crippen LogP) is 3.76. The molecule has 0 aliphatic rings. The molecule has 0 rings (SSSR count). The van der Waals surface area contributed by atoms with E-state index in [9.17, 15) is 5.11 Å². The molecule has 2 unspecified atom stereocenters. The van der Waals surface area contributed by atoms with E-state index >= 15 is 0 Å². The van der Waals surface area contributed by atoms with Crippen molar-refractivity contribution in [1.29, 1.82) is 0 Å². The van der Waals surface area contributed by atoms with Gasteiger partial charge in [0.1, 0.15) is 0 Å². The molecule has 88 valence electrons. The normalized spacial score (nSPS) is 14.1. The molecule has 0 aromatic rings. The van der Waals surface area contributed by atoms with Gasteiger partial charge < -0.3 is 5.11 Å². The van der Waals surface area contributed by atoms with Crippen LogP contribution in [-0.4, -0.2) is 11.2 Å². The zero-order valence-corrected chi connectivity index (χ0v) is 10.6. The first kappa shape index (κ1) is 14.5. The van der Waals surface area contributed by atoms with E-state index in [1.807, 2.05) is 6.92 Å². The Bertz CT molecular complexity index is 187. The Morgan fingerprint density at radius 2 is 1.67 bits per heavy atom. The van der Waals surface area contributed by atoms with Crippen LogP contribution < -0.4 is 0 Å². The standard InChI is InChI=1S/C14H26O/c1-4-7-9-12-14(15)13(10-6-3)11-8-5-2/h13-15H,4-5,7-9,11-12H2,1-3H3. The van der Waals surface area contributed by atoms with E-state index in [0.717, 1.165) is 19.3 Å². The monoisotopic (exact) mass is 210 g/mol. The lowest BCUT2D eigenvalue weighted by atomic mass is 9.93. The molecular formula is C14H26O. The van der Waals surface area contributed by atoms with E-state index in [0.29, 0.717) is 0 Å². The van der Waals surface area contributed by atoms with E-state index < -0.39 is 0 Å². The third-order valence-corrected chi connectivity index (χ3v) is 2.77. The molecule has 0 saturated carbocycles. The van der Waals surface area contributed by atoms with Crippen molar-refractivity contribution in [3.63, 3.8) is 0 Å². The van der Waals surface area contributed by atoms with Gasteiger partial charge in [-0.1, -0.05) is 51.9 Å². The molecule has 1 heteroatoms. The lowest BCUT2D eigenvalue weighted by molar-refractivity contribution is 0.116. The Kier molecular flexibility index (Phi) is 9.73. The molecule has 1 nitrogen and oxygen atoms in total. The third kappa shape index (κ3) is 7.45. The van der Waals surface area contributed by atoms with Gasteiger partial charge in [-0.2, -0.15) is 0 Å². The van der Waals surface area contributed by atoms with Gasteiger partial charge in [0.05, 0.1) is 6.10 Å². The van der Waals surface area contributed by atoms with Crippen molar-refractivity contribution in [2.45, 2.75) is 71.8 Å². The van der Waals surface area contributed by atoms with Gasteiger partial charge >= 0.3 is 0 Å². The smallest absolute Gasteiger partial charge is 0.0677 e. The minimum atomic E-state index is -0.212. The van der Waals surface area contributed by atoms with Crippen LogP contribution >= 0.6 is 0 Å². The van der Waals surface area contributed by atoms with Crippen molar-refractivity contribution in [2.24, 2.45) is 5.92 Å². The Balaban J connectivity index is 3.90. The van der Waals surface area contributed by atoms with Gasteiger partial charge in [0.25, 0.3) is 0 Å². The maximum atomic E-state index is 9.99. The average Bonchev–Trinajstić information content (AvgIpc) is 2.24. The maximum Gasteiger partial charge on any atom is 0.0677 e. The summed E-state index contributed by atoms with van der Waals surface area (Å²) in [7, 11) is 0. The van der Waals surface area contributed by atoms with E-state index in [-0.39, 0.29) is 12.0 Å². The van der Waals surface area contributed by atoms with Crippen molar-refractivity contribution in [3.8, 4) is 11.8 Å². The van der Waals surface area contributed by atoms with Crippen molar-refractivity contribution in [1.82, 2.24) is 0 Å². The zero-order chi connectivity index (χ0) is 11.5. The second-order valence-corrected chi connectivity index (χ2v) is 4.21. The van der Waals surface area contributed by atoms with E-state index in [2.05, 4.69) is 25.7 Å². The Morgan fingerprint density at radius 3 is 2.20 bits per heavy atom. The number of aliphatic hydroxyl groups is 1. The van der Waals surface area contributed by atoms with Crippen LogP contribution in [0.5, 0.6) is 0 Å². The zero-order valence-electron chi connectivity index (χ0n) is 10.6. The van der Waals surface area contributed by atoms with E-state index in [1.165, 1.54) is 25.7 Å². The minimum Gasteiger partial charge on any atom is -0.392 e. The Hall–Kier alpha value is -0.480. The minimum absolute atomic E-state index is 0.201. The Morgan fingerprint density at radius 1 is 1.00 bits per heavy atom. The predicted molar refractivity (Wildman–Crippen MR) is 66.6 cm³/mol. The maximum absolute atomic E-state index is 9.99. The molecule has 0 aliphatic carbocycles. The summed E-state index contributed by atoms with van der Waals surface area (Å²) >= 11 is 0. The molecule has 0 radical (unpaired) electrons. The summed E-state index contributed by atoms with van der Waals surface area (Å²) in [5.41, 5.74) is 0. The van der Waals surface area contributed by atoms with Crippen LogP contribution in [0.3, 0.4) is 0 Å². The highest BCUT2D eigenvalue weighted by Crippen LogP contribution is 2.17. The van der Waals surface area contributed by atoms with Crippen molar-refractivity contribution in [3.05, 3.63) is 0 Å². The lowest BCUT2D eigenvalue weighted by Gasteiger charge is -2.17. The highest BCUT2D eigenvalue weighted by atomic mass is 16.3. The summed E-state index contributed by atoms with van der Waals surface area (Å²) in [5, 5.41) is 9.99. The number of aliphatic hydroxyl groups excluding tert-OH is 1. The first-order valence-electron chi connectivity index (χ1n) is 6.36. The summed E-state index contributed by atoms with van der Waals surface area (Å²) in [4.78, 5) is 0. The number of hydrogen-bond acceptors (Lipinski definition) is 1. The van der Waals surface area contributed by atoms with E-state index in [4.69, 9.17) is 0 Å². The molecule has 0 saturated heterocycles. The molecule has 15 heavy (non-hydrogen) atoms. The van der Waals surface area contributed by atoms with Crippen molar-refractivity contribution < 1.29 is 5.11 Å². The van der Waals surface area contributed by atoms with Crippen molar-refractivity contribution in [2.75, 3.05) is 0 Å². The molecule has 0 spiro atoms. The van der Waals surface area contributed by atoms with Gasteiger partial charge in [-0.05, 0) is 19.8 Å². The molecule has 2 atom stereocenters. The van der Waals surface area contributed by atoms with Gasteiger partial charge in [0.2, 0.25) is 0 Å². The summed E-state index contributed by atoms with van der Waals surface area (Å²) < 4.78 is 0. The highest BCUT2D eigenvalue weighted by Gasteiger charge is 2.15. The summed E-state index contributed by atoms with van der Waals surface area (Å²) in [5.74, 6) is 6.28. The van der Waals surface area contributed by atoms with Crippen LogP contribution in [0.2, 0.25) is 0 Å². The first-order chi connectivity index (χ1) is 7.26.